The van der Waals surface area contributed by atoms with Crippen molar-refractivity contribution in [3.63, 3.8) is 0 Å². The first-order valence-electron chi connectivity index (χ1n) is 14.7. The van der Waals surface area contributed by atoms with Gasteiger partial charge in [-0.25, -0.2) is 14.7 Å². The molecule has 0 saturated carbocycles. The third-order valence-electron chi connectivity index (χ3n) is 7.27. The van der Waals surface area contributed by atoms with E-state index in [1.54, 1.807) is 54.4 Å². The summed E-state index contributed by atoms with van der Waals surface area (Å²) < 4.78 is 0. The molecule has 1 aromatic heterocycles. The molecule has 0 spiro atoms. The number of aromatic nitrogens is 2. The molecule has 2 aromatic carbocycles. The molecule has 43 heavy (non-hydrogen) atoms. The van der Waals surface area contributed by atoms with Crippen molar-refractivity contribution in [3.8, 4) is 0 Å². The van der Waals surface area contributed by atoms with E-state index < -0.39 is 6.09 Å². The summed E-state index contributed by atoms with van der Waals surface area (Å²) in [6.07, 6.45) is 1.91. The predicted molar refractivity (Wildman–Crippen MR) is 169 cm³/mol. The number of hydrogen-bond donors (Lipinski definition) is 3. The molecule has 1 atom stereocenters. The highest BCUT2D eigenvalue weighted by Gasteiger charge is 2.20. The second kappa shape index (κ2) is 16.2. The third-order valence-corrected chi connectivity index (χ3v) is 7.27. The lowest BCUT2D eigenvalue weighted by Crippen LogP contribution is -2.36. The molecule has 3 aromatic rings. The summed E-state index contributed by atoms with van der Waals surface area (Å²) in [6, 6.07) is 15.7. The van der Waals surface area contributed by atoms with Crippen molar-refractivity contribution in [1.29, 1.82) is 0 Å². The Bertz CT molecular complexity index is 1360. The second-order valence-corrected chi connectivity index (χ2v) is 10.4. The minimum Gasteiger partial charge on any atom is -0.464 e. The summed E-state index contributed by atoms with van der Waals surface area (Å²) in [5.41, 5.74) is 2.46. The lowest BCUT2D eigenvalue weighted by Gasteiger charge is -2.23. The van der Waals surface area contributed by atoms with Crippen LogP contribution in [0.2, 0.25) is 0 Å². The molecule has 0 aliphatic rings. The number of benzene rings is 2. The number of rotatable bonds is 15. The Hall–Kier alpha value is -4.51. The summed E-state index contributed by atoms with van der Waals surface area (Å²) in [7, 11) is 1.80. The van der Waals surface area contributed by atoms with Gasteiger partial charge in [-0.3, -0.25) is 9.59 Å². The fourth-order valence-corrected chi connectivity index (χ4v) is 4.41. The van der Waals surface area contributed by atoms with E-state index in [1.807, 2.05) is 19.9 Å². The van der Waals surface area contributed by atoms with Crippen LogP contribution >= 0.6 is 0 Å². The van der Waals surface area contributed by atoms with E-state index in [0.717, 1.165) is 36.5 Å². The van der Waals surface area contributed by atoms with E-state index in [2.05, 4.69) is 39.3 Å². The van der Waals surface area contributed by atoms with Gasteiger partial charge >= 0.3 is 6.09 Å². The second-order valence-electron chi connectivity index (χ2n) is 10.4. The Kier molecular flexibility index (Phi) is 12.4. The van der Waals surface area contributed by atoms with Gasteiger partial charge in [-0.15, -0.1) is 0 Å². The van der Waals surface area contributed by atoms with Gasteiger partial charge in [-0.1, -0.05) is 32.9 Å². The van der Waals surface area contributed by atoms with Crippen molar-refractivity contribution in [1.82, 2.24) is 25.1 Å². The summed E-state index contributed by atoms with van der Waals surface area (Å²) in [5.74, 6) is 0.267. The maximum absolute atomic E-state index is 12.9. The van der Waals surface area contributed by atoms with Crippen LogP contribution in [-0.2, 0) is 11.2 Å². The molecule has 3 rings (SSSR count). The van der Waals surface area contributed by atoms with E-state index >= 15 is 0 Å². The lowest BCUT2D eigenvalue weighted by atomic mass is 10.1. The standard InChI is InChI=1S/C32H43N7O4/c1-6-23(4)34-29(40)17-12-24-10-9-11-27(22-24)39(32(42)43)28-18-19-33-31(36-28)35-26-15-13-25(14-16-26)30(41)37(5)20-21-38(7-2)8-3/h9-11,13-16,18-19,22-23H,6-8,12,17,20-21H2,1-5H3,(H,34,40)(H,42,43)(H,33,35,36). The van der Waals surface area contributed by atoms with Crippen molar-refractivity contribution in [2.24, 2.45) is 0 Å². The molecule has 0 aliphatic heterocycles. The minimum atomic E-state index is -1.20. The van der Waals surface area contributed by atoms with Gasteiger partial charge < -0.3 is 25.5 Å². The van der Waals surface area contributed by atoms with Crippen LogP contribution < -0.4 is 15.5 Å². The van der Waals surface area contributed by atoms with Crippen LogP contribution in [-0.4, -0.2) is 82.1 Å². The topological polar surface area (TPSA) is 131 Å². The average molecular weight is 590 g/mol. The fraction of sp³-hybridized carbons (Fsp3) is 0.406. The molecule has 0 radical (unpaired) electrons. The first kappa shape index (κ1) is 33.0. The number of aryl methyl sites for hydroxylation is 1. The number of carbonyl (C=O) groups is 3. The quantitative estimate of drug-likeness (QED) is 0.218. The maximum atomic E-state index is 12.9. The Morgan fingerprint density at radius 3 is 2.35 bits per heavy atom. The number of carboxylic acid groups (broad SMARTS) is 1. The molecule has 3 N–H and O–H groups in total. The zero-order chi connectivity index (χ0) is 31.4. The molecule has 1 heterocycles. The largest absolute Gasteiger partial charge is 0.464 e. The zero-order valence-electron chi connectivity index (χ0n) is 25.7. The molecule has 11 heteroatoms. The number of nitrogens with one attached hydrogen (secondary N) is 2. The molecule has 0 fully saturated rings. The molecule has 230 valence electrons. The Balaban J connectivity index is 1.69. The van der Waals surface area contributed by atoms with Crippen molar-refractivity contribution in [2.75, 3.05) is 43.4 Å². The number of hydrogen-bond acceptors (Lipinski definition) is 7. The van der Waals surface area contributed by atoms with Gasteiger partial charge in [0.1, 0.15) is 5.82 Å². The number of amides is 3. The van der Waals surface area contributed by atoms with Gasteiger partial charge in [-0.2, -0.15) is 4.98 Å². The summed E-state index contributed by atoms with van der Waals surface area (Å²) in [6.45, 7) is 11.5. The van der Waals surface area contributed by atoms with Crippen LogP contribution in [0, 0.1) is 0 Å². The molecular weight excluding hydrogens is 546 g/mol. The van der Waals surface area contributed by atoms with Crippen molar-refractivity contribution in [3.05, 3.63) is 71.9 Å². The first-order chi connectivity index (χ1) is 20.6. The van der Waals surface area contributed by atoms with Crippen LogP contribution in [0.4, 0.5) is 27.9 Å². The molecule has 3 amide bonds. The lowest BCUT2D eigenvalue weighted by molar-refractivity contribution is -0.121. The first-order valence-corrected chi connectivity index (χ1v) is 14.7. The predicted octanol–water partition coefficient (Wildman–Crippen LogP) is 5.30. The van der Waals surface area contributed by atoms with E-state index in [0.29, 0.717) is 36.3 Å². The van der Waals surface area contributed by atoms with Crippen LogP contribution in [0.3, 0.4) is 0 Å². The number of carbonyl (C=O) groups excluding carboxylic acids is 2. The summed E-state index contributed by atoms with van der Waals surface area (Å²) in [4.78, 5) is 51.1. The minimum absolute atomic E-state index is 0.0407. The van der Waals surface area contributed by atoms with Gasteiger partial charge in [0, 0.05) is 56.1 Å². The van der Waals surface area contributed by atoms with E-state index in [1.165, 1.54) is 12.3 Å². The zero-order valence-corrected chi connectivity index (χ0v) is 25.7. The normalized spacial score (nSPS) is 11.6. The van der Waals surface area contributed by atoms with Gasteiger partial charge in [0.05, 0.1) is 5.69 Å². The smallest absolute Gasteiger partial charge is 0.417 e. The highest BCUT2D eigenvalue weighted by molar-refractivity contribution is 5.95. The van der Waals surface area contributed by atoms with Crippen molar-refractivity contribution in [2.45, 2.75) is 53.0 Å². The molecular formula is C32H43N7O4. The SMILES string of the molecule is CCC(C)NC(=O)CCc1cccc(N(C(=O)O)c2ccnc(Nc3ccc(C(=O)N(C)CCN(CC)CC)cc3)n2)c1. The molecule has 1 unspecified atom stereocenters. The highest BCUT2D eigenvalue weighted by atomic mass is 16.4. The van der Waals surface area contributed by atoms with Crippen molar-refractivity contribution >= 4 is 41.0 Å². The van der Waals surface area contributed by atoms with E-state index in [4.69, 9.17) is 0 Å². The molecule has 11 nitrogen and oxygen atoms in total. The van der Waals surface area contributed by atoms with Gasteiger partial charge in [0.25, 0.3) is 5.91 Å². The van der Waals surface area contributed by atoms with Gasteiger partial charge in [0.15, 0.2) is 0 Å². The third kappa shape index (κ3) is 9.78. The van der Waals surface area contributed by atoms with Crippen LogP contribution in [0.25, 0.3) is 0 Å². The maximum Gasteiger partial charge on any atom is 0.417 e. The molecule has 0 aliphatic carbocycles. The Morgan fingerprint density at radius 1 is 0.977 bits per heavy atom. The monoisotopic (exact) mass is 589 g/mol. The number of likely N-dealkylation sites (N-methyl/N-ethyl adjacent to an activating group) is 2. The van der Waals surface area contributed by atoms with E-state index in [-0.39, 0.29) is 29.6 Å². The van der Waals surface area contributed by atoms with Crippen LogP contribution in [0.15, 0.2) is 60.8 Å². The Labute approximate surface area is 253 Å². The van der Waals surface area contributed by atoms with Crippen LogP contribution in [0.1, 0.15) is 56.5 Å². The summed E-state index contributed by atoms with van der Waals surface area (Å²) in [5, 5.41) is 16.1. The summed E-state index contributed by atoms with van der Waals surface area (Å²) >= 11 is 0. The molecule has 0 saturated heterocycles. The van der Waals surface area contributed by atoms with Gasteiger partial charge in [-0.05, 0) is 74.8 Å². The Morgan fingerprint density at radius 2 is 1.70 bits per heavy atom. The van der Waals surface area contributed by atoms with E-state index in [9.17, 15) is 19.5 Å². The number of anilines is 4. The van der Waals surface area contributed by atoms with Crippen LogP contribution in [0.5, 0.6) is 0 Å². The fourth-order valence-electron chi connectivity index (χ4n) is 4.41. The van der Waals surface area contributed by atoms with Gasteiger partial charge in [0.2, 0.25) is 11.9 Å². The number of nitrogens with zero attached hydrogens (tertiary/aromatic N) is 5. The average Bonchev–Trinajstić information content (AvgIpc) is 3.00. The highest BCUT2D eigenvalue weighted by Crippen LogP contribution is 2.26. The van der Waals surface area contributed by atoms with Crippen molar-refractivity contribution < 1.29 is 19.5 Å². The molecule has 0 bridgehead atoms.